The Morgan fingerprint density at radius 1 is 1.08 bits per heavy atom. The maximum atomic E-state index is 12.7. The largest absolute Gasteiger partial charge is 0.448 e. The summed E-state index contributed by atoms with van der Waals surface area (Å²) in [6, 6.07) is 16.8. The van der Waals surface area contributed by atoms with Crippen LogP contribution in [-0.4, -0.2) is 40.9 Å². The van der Waals surface area contributed by atoms with Crippen molar-refractivity contribution in [3.63, 3.8) is 0 Å². The van der Waals surface area contributed by atoms with Crippen molar-refractivity contribution in [3.05, 3.63) is 59.7 Å². The molecule has 2 aliphatic rings. The first-order valence-corrected chi connectivity index (χ1v) is 9.28. The van der Waals surface area contributed by atoms with Crippen LogP contribution >= 0.6 is 0 Å². The molecular weight excluding hydrogens is 326 g/mol. The Kier molecular flexibility index (Phi) is 4.23. The monoisotopic (exact) mass is 351 g/mol. The molecule has 1 saturated carbocycles. The average molecular weight is 351 g/mol. The molecule has 4 rings (SSSR count). The molecule has 0 radical (unpaired) electrons. The number of fused-ring (bicyclic) bond motifs is 3. The Morgan fingerprint density at radius 2 is 1.62 bits per heavy atom. The third kappa shape index (κ3) is 3.34. The van der Waals surface area contributed by atoms with Crippen molar-refractivity contribution in [1.29, 1.82) is 0 Å². The zero-order valence-electron chi connectivity index (χ0n) is 15.3. The standard InChI is InChI=1S/C22H25NO3/c1-22(2,25)14-23(15-11-12-15)21(24)26-13-20-18-9-5-3-7-16(18)17-8-4-6-10-19(17)20/h3-10,15,20,25H,11-14H2,1-2H3. The van der Waals surface area contributed by atoms with Crippen LogP contribution in [0, 0.1) is 0 Å². The quantitative estimate of drug-likeness (QED) is 0.879. The summed E-state index contributed by atoms with van der Waals surface area (Å²) < 4.78 is 5.72. The van der Waals surface area contributed by atoms with Gasteiger partial charge in [0.15, 0.2) is 0 Å². The van der Waals surface area contributed by atoms with E-state index >= 15 is 0 Å². The fourth-order valence-corrected chi connectivity index (χ4v) is 3.82. The molecule has 0 saturated heterocycles. The smallest absolute Gasteiger partial charge is 0.410 e. The van der Waals surface area contributed by atoms with Gasteiger partial charge < -0.3 is 14.7 Å². The highest BCUT2D eigenvalue weighted by molar-refractivity contribution is 5.79. The van der Waals surface area contributed by atoms with E-state index < -0.39 is 5.60 Å². The third-order valence-electron chi connectivity index (χ3n) is 5.12. The fraction of sp³-hybridized carbons (Fsp3) is 0.409. The molecule has 0 bridgehead atoms. The molecule has 2 aromatic rings. The van der Waals surface area contributed by atoms with Gasteiger partial charge in [0.05, 0.1) is 12.1 Å². The van der Waals surface area contributed by atoms with Crippen LogP contribution in [0.3, 0.4) is 0 Å². The SMILES string of the molecule is CC(C)(O)CN(C(=O)OCC1c2ccccc2-c2ccccc21)C1CC1. The number of nitrogens with zero attached hydrogens (tertiary/aromatic N) is 1. The van der Waals surface area contributed by atoms with Gasteiger partial charge in [-0.15, -0.1) is 0 Å². The third-order valence-corrected chi connectivity index (χ3v) is 5.12. The molecule has 136 valence electrons. The van der Waals surface area contributed by atoms with Crippen LogP contribution in [0.2, 0.25) is 0 Å². The lowest BCUT2D eigenvalue weighted by Crippen LogP contribution is -2.44. The Morgan fingerprint density at radius 3 is 2.12 bits per heavy atom. The highest BCUT2D eigenvalue weighted by atomic mass is 16.6. The molecular formula is C22H25NO3. The summed E-state index contributed by atoms with van der Waals surface area (Å²) in [6.45, 7) is 4.06. The molecule has 0 aromatic heterocycles. The number of benzene rings is 2. The number of aliphatic hydroxyl groups is 1. The summed E-state index contributed by atoms with van der Waals surface area (Å²) in [6.07, 6.45) is 1.65. The maximum Gasteiger partial charge on any atom is 0.410 e. The predicted molar refractivity (Wildman–Crippen MR) is 101 cm³/mol. The first kappa shape index (κ1) is 17.1. The molecule has 0 unspecified atom stereocenters. The average Bonchev–Trinajstić information content (AvgIpc) is 3.40. The minimum atomic E-state index is -0.922. The summed E-state index contributed by atoms with van der Waals surface area (Å²) >= 11 is 0. The number of ether oxygens (including phenoxy) is 1. The molecule has 0 heterocycles. The van der Waals surface area contributed by atoms with Crippen molar-refractivity contribution in [1.82, 2.24) is 4.90 Å². The van der Waals surface area contributed by atoms with E-state index in [0.717, 1.165) is 12.8 Å². The zero-order chi connectivity index (χ0) is 18.3. The number of amides is 1. The van der Waals surface area contributed by atoms with Crippen LogP contribution in [0.1, 0.15) is 43.7 Å². The molecule has 0 aliphatic heterocycles. The van der Waals surface area contributed by atoms with Crippen molar-refractivity contribution in [2.45, 2.75) is 44.2 Å². The minimum absolute atomic E-state index is 0.0644. The van der Waals surface area contributed by atoms with Crippen LogP contribution in [0.15, 0.2) is 48.5 Å². The first-order valence-electron chi connectivity index (χ1n) is 9.28. The number of rotatable bonds is 5. The molecule has 1 amide bonds. The van der Waals surface area contributed by atoms with Gasteiger partial charge in [-0.2, -0.15) is 0 Å². The summed E-state index contributed by atoms with van der Waals surface area (Å²) in [5.41, 5.74) is 3.94. The Labute approximate surface area is 154 Å². The summed E-state index contributed by atoms with van der Waals surface area (Å²) in [7, 11) is 0. The highest BCUT2D eigenvalue weighted by Gasteiger charge is 2.37. The van der Waals surface area contributed by atoms with Gasteiger partial charge in [0.25, 0.3) is 0 Å². The van der Waals surface area contributed by atoms with Gasteiger partial charge in [0.1, 0.15) is 6.61 Å². The lowest BCUT2D eigenvalue weighted by Gasteiger charge is -2.29. The van der Waals surface area contributed by atoms with E-state index in [4.69, 9.17) is 4.74 Å². The Hall–Kier alpha value is -2.33. The first-order chi connectivity index (χ1) is 12.4. The van der Waals surface area contributed by atoms with Crippen molar-refractivity contribution >= 4 is 6.09 Å². The predicted octanol–water partition coefficient (Wildman–Crippen LogP) is 4.17. The second kappa shape index (κ2) is 6.44. The van der Waals surface area contributed by atoms with Gasteiger partial charge in [-0.1, -0.05) is 48.5 Å². The summed E-state index contributed by atoms with van der Waals surface area (Å²) in [5, 5.41) is 10.1. The van der Waals surface area contributed by atoms with Crippen LogP contribution < -0.4 is 0 Å². The topological polar surface area (TPSA) is 49.8 Å². The second-order valence-corrected chi connectivity index (χ2v) is 7.98. The second-order valence-electron chi connectivity index (χ2n) is 7.98. The Balaban J connectivity index is 1.52. The van der Waals surface area contributed by atoms with Crippen LogP contribution in [0.25, 0.3) is 11.1 Å². The number of hydrogen-bond donors (Lipinski definition) is 1. The number of carbonyl (C=O) groups is 1. The van der Waals surface area contributed by atoms with Gasteiger partial charge in [-0.3, -0.25) is 0 Å². The molecule has 26 heavy (non-hydrogen) atoms. The van der Waals surface area contributed by atoms with Gasteiger partial charge in [-0.05, 0) is 48.9 Å². The van der Waals surface area contributed by atoms with E-state index in [0.29, 0.717) is 13.2 Å². The highest BCUT2D eigenvalue weighted by Crippen LogP contribution is 2.44. The fourth-order valence-electron chi connectivity index (χ4n) is 3.82. The van der Waals surface area contributed by atoms with Crippen molar-refractivity contribution in [2.24, 2.45) is 0 Å². The molecule has 1 fully saturated rings. The molecule has 1 N–H and O–H groups in total. The van der Waals surface area contributed by atoms with Gasteiger partial charge in [0.2, 0.25) is 0 Å². The van der Waals surface area contributed by atoms with E-state index in [1.807, 2.05) is 24.3 Å². The van der Waals surface area contributed by atoms with E-state index in [-0.39, 0.29) is 18.1 Å². The lowest BCUT2D eigenvalue weighted by molar-refractivity contribution is 0.0245. The number of carbonyl (C=O) groups excluding carboxylic acids is 1. The van der Waals surface area contributed by atoms with E-state index in [2.05, 4.69) is 24.3 Å². The van der Waals surface area contributed by atoms with E-state index in [1.54, 1.807) is 18.7 Å². The van der Waals surface area contributed by atoms with Gasteiger partial charge >= 0.3 is 6.09 Å². The van der Waals surface area contributed by atoms with Gasteiger partial charge in [-0.25, -0.2) is 4.79 Å². The van der Waals surface area contributed by atoms with Crippen molar-refractivity contribution < 1.29 is 14.6 Å². The van der Waals surface area contributed by atoms with Crippen LogP contribution in [-0.2, 0) is 4.74 Å². The lowest BCUT2D eigenvalue weighted by atomic mass is 9.98. The normalized spacial score (nSPS) is 16.1. The molecule has 0 spiro atoms. The molecule has 2 aliphatic carbocycles. The van der Waals surface area contributed by atoms with Gasteiger partial charge in [0, 0.05) is 12.0 Å². The number of hydrogen-bond acceptors (Lipinski definition) is 3. The molecule has 4 nitrogen and oxygen atoms in total. The Bertz CT molecular complexity index is 775. The van der Waals surface area contributed by atoms with Crippen LogP contribution in [0.5, 0.6) is 0 Å². The summed E-state index contributed by atoms with van der Waals surface area (Å²) in [5.74, 6) is 0.0644. The molecule has 4 heteroatoms. The minimum Gasteiger partial charge on any atom is -0.448 e. The molecule has 2 aromatic carbocycles. The van der Waals surface area contributed by atoms with Crippen LogP contribution in [0.4, 0.5) is 4.79 Å². The van der Waals surface area contributed by atoms with E-state index in [1.165, 1.54) is 22.3 Å². The maximum absolute atomic E-state index is 12.7. The zero-order valence-corrected chi connectivity index (χ0v) is 15.3. The van der Waals surface area contributed by atoms with E-state index in [9.17, 15) is 9.90 Å². The summed E-state index contributed by atoms with van der Waals surface area (Å²) in [4.78, 5) is 14.4. The molecule has 0 atom stereocenters. The van der Waals surface area contributed by atoms with Crippen molar-refractivity contribution in [2.75, 3.05) is 13.2 Å². The van der Waals surface area contributed by atoms with Crippen molar-refractivity contribution in [3.8, 4) is 11.1 Å².